The molecule has 132 valence electrons. The van der Waals surface area contributed by atoms with Gasteiger partial charge < -0.3 is 5.32 Å². The fourth-order valence-corrected chi connectivity index (χ4v) is 3.36. The molecule has 1 aliphatic rings. The number of rotatable bonds is 4. The monoisotopic (exact) mass is 369 g/mol. The van der Waals surface area contributed by atoms with Crippen molar-refractivity contribution in [2.45, 2.75) is 25.9 Å². The van der Waals surface area contributed by atoms with Crippen molar-refractivity contribution in [1.29, 1.82) is 0 Å². The number of hydrogen-bond donors (Lipinski definition) is 1. The molecular formula is C20H17ClFN3O. The number of halogens is 2. The van der Waals surface area contributed by atoms with Crippen molar-refractivity contribution >= 4 is 34.1 Å². The molecule has 0 aliphatic heterocycles. The lowest BCUT2D eigenvalue weighted by atomic mass is 9.98. The van der Waals surface area contributed by atoms with E-state index in [1.165, 1.54) is 5.56 Å². The summed E-state index contributed by atoms with van der Waals surface area (Å²) < 4.78 is 13.0. The summed E-state index contributed by atoms with van der Waals surface area (Å²) in [4.78, 5) is 20.4. The summed E-state index contributed by atoms with van der Waals surface area (Å²) in [5, 5.41) is 4.92. The number of anilines is 1. The first-order valence-electron chi connectivity index (χ1n) is 8.54. The lowest BCUT2D eigenvalue weighted by Gasteiger charge is -2.11. The number of benzene rings is 1. The number of pyridine rings is 2. The normalized spacial score (nSPS) is 18.7. The molecule has 3 aromatic rings. The predicted octanol–water partition coefficient (Wildman–Crippen LogP) is 4.81. The fourth-order valence-electron chi connectivity index (χ4n) is 3.08. The van der Waals surface area contributed by atoms with Crippen LogP contribution in [0.25, 0.3) is 21.9 Å². The Hall–Kier alpha value is -2.53. The van der Waals surface area contributed by atoms with Crippen LogP contribution in [-0.4, -0.2) is 22.0 Å². The SMILES string of the molecule is CCc1ccncc1-c1cc(Cl)c2cnc(NC(=O)C3CC3F)cc2c1. The molecule has 1 saturated carbocycles. The lowest BCUT2D eigenvalue weighted by molar-refractivity contribution is -0.117. The van der Waals surface area contributed by atoms with E-state index in [0.717, 1.165) is 28.3 Å². The predicted molar refractivity (Wildman–Crippen MR) is 101 cm³/mol. The highest BCUT2D eigenvalue weighted by atomic mass is 35.5. The molecule has 0 saturated heterocycles. The minimum atomic E-state index is -1.03. The van der Waals surface area contributed by atoms with Crippen LogP contribution in [0.4, 0.5) is 10.2 Å². The van der Waals surface area contributed by atoms with Crippen LogP contribution in [0, 0.1) is 5.92 Å². The molecule has 2 heterocycles. The first-order valence-corrected chi connectivity index (χ1v) is 8.92. The standard InChI is InChI=1S/C20H17ClFN3O/c1-2-11-3-4-23-9-15(11)12-5-13-7-19(24-10-16(13)17(21)6-12)25-20(26)14-8-18(14)22/h3-7,9-10,14,18H,2,8H2,1H3,(H,24,25,26). The number of aromatic nitrogens is 2. The Labute approximate surface area is 155 Å². The highest BCUT2D eigenvalue weighted by Gasteiger charge is 2.43. The third-order valence-corrected chi connectivity index (χ3v) is 5.00. The molecule has 0 radical (unpaired) electrons. The number of nitrogens with one attached hydrogen (secondary N) is 1. The first kappa shape index (κ1) is 16.9. The second-order valence-corrected chi connectivity index (χ2v) is 6.89. The molecule has 2 atom stereocenters. The van der Waals surface area contributed by atoms with Crippen LogP contribution in [-0.2, 0) is 11.2 Å². The average Bonchev–Trinajstić information content (AvgIpc) is 3.38. The molecule has 1 N–H and O–H groups in total. The molecular weight excluding hydrogens is 353 g/mol. The zero-order valence-corrected chi connectivity index (χ0v) is 14.9. The fraction of sp³-hybridized carbons (Fsp3) is 0.250. The maximum atomic E-state index is 13.0. The maximum absolute atomic E-state index is 13.0. The Morgan fingerprint density at radius 1 is 1.35 bits per heavy atom. The summed E-state index contributed by atoms with van der Waals surface area (Å²) in [6.45, 7) is 2.09. The molecule has 1 aromatic carbocycles. The largest absolute Gasteiger partial charge is 0.310 e. The van der Waals surface area contributed by atoms with Gasteiger partial charge in [-0.15, -0.1) is 0 Å². The molecule has 2 unspecified atom stereocenters. The lowest BCUT2D eigenvalue weighted by Crippen LogP contribution is -2.15. The smallest absolute Gasteiger partial charge is 0.231 e. The zero-order valence-electron chi connectivity index (χ0n) is 14.2. The van der Waals surface area contributed by atoms with Crippen molar-refractivity contribution in [2.24, 2.45) is 5.92 Å². The Morgan fingerprint density at radius 3 is 2.88 bits per heavy atom. The molecule has 0 bridgehead atoms. The van der Waals surface area contributed by atoms with E-state index in [1.54, 1.807) is 18.5 Å². The van der Waals surface area contributed by atoms with Gasteiger partial charge in [0.1, 0.15) is 12.0 Å². The highest BCUT2D eigenvalue weighted by Crippen LogP contribution is 2.36. The molecule has 6 heteroatoms. The van der Waals surface area contributed by atoms with Crippen molar-refractivity contribution < 1.29 is 9.18 Å². The number of aryl methyl sites for hydroxylation is 1. The van der Waals surface area contributed by atoms with Crippen LogP contribution in [0.15, 0.2) is 42.9 Å². The van der Waals surface area contributed by atoms with E-state index in [1.807, 2.05) is 24.4 Å². The van der Waals surface area contributed by atoms with Crippen molar-refractivity contribution in [3.05, 3.63) is 53.4 Å². The molecule has 1 amide bonds. The minimum absolute atomic E-state index is 0.288. The van der Waals surface area contributed by atoms with Crippen molar-refractivity contribution in [3.8, 4) is 11.1 Å². The van der Waals surface area contributed by atoms with E-state index in [9.17, 15) is 9.18 Å². The van der Waals surface area contributed by atoms with Gasteiger partial charge in [0.15, 0.2) is 0 Å². The summed E-state index contributed by atoms with van der Waals surface area (Å²) in [7, 11) is 0. The highest BCUT2D eigenvalue weighted by molar-refractivity contribution is 6.36. The van der Waals surface area contributed by atoms with E-state index in [2.05, 4.69) is 22.2 Å². The molecule has 1 fully saturated rings. The van der Waals surface area contributed by atoms with Gasteiger partial charge in [-0.25, -0.2) is 9.37 Å². The van der Waals surface area contributed by atoms with Crippen LogP contribution in [0.2, 0.25) is 5.02 Å². The van der Waals surface area contributed by atoms with Gasteiger partial charge in [-0.05, 0) is 53.6 Å². The van der Waals surface area contributed by atoms with Gasteiger partial charge in [0, 0.05) is 29.5 Å². The van der Waals surface area contributed by atoms with Gasteiger partial charge in [-0.1, -0.05) is 18.5 Å². The van der Waals surface area contributed by atoms with Gasteiger partial charge in [0.25, 0.3) is 0 Å². The number of nitrogens with zero attached hydrogens (tertiary/aromatic N) is 2. The Morgan fingerprint density at radius 2 is 2.15 bits per heavy atom. The van der Waals surface area contributed by atoms with E-state index >= 15 is 0 Å². The third kappa shape index (κ3) is 3.15. The van der Waals surface area contributed by atoms with E-state index in [0.29, 0.717) is 10.8 Å². The number of amides is 1. The Kier molecular flexibility index (Phi) is 4.32. The Balaban J connectivity index is 1.73. The number of fused-ring (bicyclic) bond motifs is 1. The van der Waals surface area contributed by atoms with Gasteiger partial charge in [-0.3, -0.25) is 9.78 Å². The van der Waals surface area contributed by atoms with Gasteiger partial charge in [0.2, 0.25) is 5.91 Å². The van der Waals surface area contributed by atoms with Gasteiger partial charge in [0.05, 0.1) is 10.9 Å². The number of hydrogen-bond acceptors (Lipinski definition) is 3. The van der Waals surface area contributed by atoms with Crippen LogP contribution >= 0.6 is 11.6 Å². The number of carbonyl (C=O) groups is 1. The summed E-state index contributed by atoms with van der Waals surface area (Å²) >= 11 is 6.45. The van der Waals surface area contributed by atoms with Gasteiger partial charge >= 0.3 is 0 Å². The van der Waals surface area contributed by atoms with E-state index < -0.39 is 12.1 Å². The maximum Gasteiger partial charge on any atom is 0.231 e. The summed E-state index contributed by atoms with van der Waals surface area (Å²) in [6, 6.07) is 7.66. The molecule has 26 heavy (non-hydrogen) atoms. The minimum Gasteiger partial charge on any atom is -0.310 e. The summed E-state index contributed by atoms with van der Waals surface area (Å²) in [5.74, 6) is -0.478. The van der Waals surface area contributed by atoms with E-state index in [-0.39, 0.29) is 12.3 Å². The van der Waals surface area contributed by atoms with Crippen molar-refractivity contribution in [1.82, 2.24) is 9.97 Å². The average molecular weight is 370 g/mol. The van der Waals surface area contributed by atoms with Crippen LogP contribution in [0.1, 0.15) is 18.9 Å². The molecule has 4 nitrogen and oxygen atoms in total. The van der Waals surface area contributed by atoms with Crippen LogP contribution in [0.3, 0.4) is 0 Å². The van der Waals surface area contributed by atoms with Crippen LogP contribution in [0.5, 0.6) is 0 Å². The molecule has 1 aliphatic carbocycles. The quantitative estimate of drug-likeness (QED) is 0.718. The number of carbonyl (C=O) groups excluding carboxylic acids is 1. The number of alkyl halides is 1. The van der Waals surface area contributed by atoms with Crippen molar-refractivity contribution in [3.63, 3.8) is 0 Å². The van der Waals surface area contributed by atoms with Crippen LogP contribution < -0.4 is 5.32 Å². The first-order chi connectivity index (χ1) is 12.6. The molecule has 2 aromatic heterocycles. The summed E-state index contributed by atoms with van der Waals surface area (Å²) in [5.41, 5.74) is 3.17. The van der Waals surface area contributed by atoms with E-state index in [4.69, 9.17) is 11.6 Å². The zero-order chi connectivity index (χ0) is 18.3. The third-order valence-electron chi connectivity index (χ3n) is 4.69. The molecule has 0 spiro atoms. The Bertz CT molecular complexity index is 1010. The topological polar surface area (TPSA) is 54.9 Å². The molecule has 4 rings (SSSR count). The second-order valence-electron chi connectivity index (χ2n) is 6.48. The summed E-state index contributed by atoms with van der Waals surface area (Å²) in [6.07, 6.45) is 5.37. The van der Waals surface area contributed by atoms with Gasteiger partial charge in [-0.2, -0.15) is 0 Å². The van der Waals surface area contributed by atoms with Crippen molar-refractivity contribution in [2.75, 3.05) is 5.32 Å². The second kappa shape index (κ2) is 6.65.